The van der Waals surface area contributed by atoms with Gasteiger partial charge in [-0.05, 0) is 42.0 Å². The number of hydrogen-bond acceptors (Lipinski definition) is 2. The Kier molecular flexibility index (Phi) is 4.64. The second kappa shape index (κ2) is 6.35. The molecule has 24 heavy (non-hydrogen) atoms. The lowest BCUT2D eigenvalue weighted by atomic mass is 10.0. The molecule has 1 heterocycles. The number of benzene rings is 1. The monoisotopic (exact) mass is 342 g/mol. The molecule has 0 atom stereocenters. The predicted molar refractivity (Wildman–Crippen MR) is 74.2 cm³/mol. The highest BCUT2D eigenvalue weighted by atomic mass is 19.4. The lowest BCUT2D eigenvalue weighted by molar-refractivity contribution is -0.143. The van der Waals surface area contributed by atoms with Crippen LogP contribution in [0.2, 0.25) is 0 Å². The number of rotatable bonds is 2. The van der Waals surface area contributed by atoms with Crippen molar-refractivity contribution in [3.05, 3.63) is 65.0 Å². The Morgan fingerprint density at radius 1 is 0.958 bits per heavy atom. The third kappa shape index (κ3) is 4.13. The van der Waals surface area contributed by atoms with E-state index in [0.29, 0.717) is 12.1 Å². The molecule has 2 aromatic rings. The van der Waals surface area contributed by atoms with E-state index in [4.69, 9.17) is 5.26 Å². The first-order valence-electron chi connectivity index (χ1n) is 6.44. The molecule has 0 spiro atoms. The number of aromatic nitrogens is 1. The maximum atomic E-state index is 12.8. The molecule has 8 heteroatoms. The molecule has 0 saturated heterocycles. The molecular formula is C16H8F6N2. The number of nitriles is 1. The first-order chi connectivity index (χ1) is 11.1. The van der Waals surface area contributed by atoms with Crippen molar-refractivity contribution in [1.82, 2.24) is 4.98 Å². The van der Waals surface area contributed by atoms with E-state index in [1.807, 2.05) is 0 Å². The number of hydrogen-bond donors (Lipinski definition) is 0. The minimum atomic E-state index is -4.94. The van der Waals surface area contributed by atoms with Crippen LogP contribution in [-0.4, -0.2) is 4.98 Å². The second-order valence-corrected chi connectivity index (χ2v) is 4.72. The highest BCUT2D eigenvalue weighted by Gasteiger charge is 2.36. The van der Waals surface area contributed by atoms with Crippen LogP contribution in [0.5, 0.6) is 0 Å². The van der Waals surface area contributed by atoms with Crippen molar-refractivity contribution in [3.63, 3.8) is 0 Å². The van der Waals surface area contributed by atoms with Crippen LogP contribution in [0, 0.1) is 11.3 Å². The van der Waals surface area contributed by atoms with Crippen molar-refractivity contribution in [3.8, 4) is 6.07 Å². The zero-order chi connectivity index (χ0) is 18.0. The molecule has 0 bridgehead atoms. The fraction of sp³-hybridized carbons (Fsp3) is 0.125. The van der Waals surface area contributed by atoms with Crippen molar-refractivity contribution in [2.24, 2.45) is 0 Å². The zero-order valence-corrected chi connectivity index (χ0v) is 11.8. The van der Waals surface area contributed by atoms with E-state index in [0.717, 1.165) is 6.08 Å². The van der Waals surface area contributed by atoms with E-state index in [-0.39, 0.29) is 22.9 Å². The topological polar surface area (TPSA) is 36.7 Å². The van der Waals surface area contributed by atoms with Gasteiger partial charge in [-0.3, -0.25) is 4.98 Å². The quantitative estimate of drug-likeness (QED) is 0.557. The van der Waals surface area contributed by atoms with E-state index in [2.05, 4.69) is 4.98 Å². The highest BCUT2D eigenvalue weighted by Crippen LogP contribution is 2.36. The number of alkyl halides is 6. The molecule has 2 rings (SSSR count). The summed E-state index contributed by atoms with van der Waals surface area (Å²) in [5, 5.41) is 9.10. The highest BCUT2D eigenvalue weighted by molar-refractivity contribution is 5.88. The van der Waals surface area contributed by atoms with Crippen molar-refractivity contribution in [1.29, 1.82) is 5.26 Å². The lowest BCUT2D eigenvalue weighted by Gasteiger charge is -2.13. The number of nitrogens with zero attached hydrogens (tertiary/aromatic N) is 2. The molecule has 0 amide bonds. The van der Waals surface area contributed by atoms with Gasteiger partial charge in [0.15, 0.2) is 0 Å². The molecular weight excluding hydrogens is 334 g/mol. The molecule has 0 aliphatic heterocycles. The second-order valence-electron chi connectivity index (χ2n) is 4.72. The summed E-state index contributed by atoms with van der Waals surface area (Å²) in [7, 11) is 0. The minimum Gasteiger partial charge on any atom is -0.256 e. The first-order valence-corrected chi connectivity index (χ1v) is 6.44. The summed E-state index contributed by atoms with van der Waals surface area (Å²) in [6, 6.07) is 7.38. The Morgan fingerprint density at radius 2 is 1.54 bits per heavy atom. The van der Waals surface area contributed by atoms with Crippen molar-refractivity contribution in [2.45, 2.75) is 12.4 Å². The molecule has 124 valence electrons. The fourth-order valence-corrected chi connectivity index (χ4v) is 1.91. The van der Waals surface area contributed by atoms with Crippen LogP contribution in [0.25, 0.3) is 11.6 Å². The Balaban J connectivity index is 2.61. The van der Waals surface area contributed by atoms with Crippen molar-refractivity contribution in [2.75, 3.05) is 0 Å². The predicted octanol–water partition coefficient (Wildman–Crippen LogP) is 5.18. The Bertz CT molecular complexity index is 766. The van der Waals surface area contributed by atoms with Crippen LogP contribution in [0.1, 0.15) is 22.4 Å². The van der Waals surface area contributed by atoms with Gasteiger partial charge in [-0.2, -0.15) is 31.6 Å². The summed E-state index contributed by atoms with van der Waals surface area (Å²) in [5.74, 6) is 0. The summed E-state index contributed by atoms with van der Waals surface area (Å²) < 4.78 is 76.9. The van der Waals surface area contributed by atoms with Gasteiger partial charge in [0, 0.05) is 6.20 Å². The standard InChI is InChI=1S/C16H8F6N2/c17-15(18,19)12-6-10(7-13(8-12)16(20,21)22)5-11(9-23)14-3-1-2-4-24-14/h1-8H. The molecule has 0 unspecified atom stereocenters. The van der Waals surface area contributed by atoms with Gasteiger partial charge in [0.05, 0.1) is 22.4 Å². The normalized spacial score (nSPS) is 12.8. The third-order valence-corrected chi connectivity index (χ3v) is 2.98. The summed E-state index contributed by atoms with van der Waals surface area (Å²) in [4.78, 5) is 3.85. The van der Waals surface area contributed by atoms with Gasteiger partial charge in [-0.15, -0.1) is 0 Å². The van der Waals surface area contributed by atoms with Gasteiger partial charge < -0.3 is 0 Å². The number of pyridine rings is 1. The lowest BCUT2D eigenvalue weighted by Crippen LogP contribution is -2.11. The summed E-state index contributed by atoms with van der Waals surface area (Å²) in [6.07, 6.45) is -7.59. The van der Waals surface area contributed by atoms with Crippen LogP contribution >= 0.6 is 0 Å². The van der Waals surface area contributed by atoms with E-state index in [1.165, 1.54) is 12.3 Å². The summed E-state index contributed by atoms with van der Waals surface area (Å²) in [6.45, 7) is 0. The van der Waals surface area contributed by atoms with Crippen LogP contribution in [0.4, 0.5) is 26.3 Å². The van der Waals surface area contributed by atoms with Gasteiger partial charge in [0.2, 0.25) is 0 Å². The largest absolute Gasteiger partial charge is 0.416 e. The average molecular weight is 342 g/mol. The Morgan fingerprint density at radius 3 is 1.96 bits per heavy atom. The summed E-state index contributed by atoms with van der Waals surface area (Å²) >= 11 is 0. The molecule has 1 aromatic heterocycles. The van der Waals surface area contributed by atoms with Crippen LogP contribution < -0.4 is 0 Å². The number of halogens is 6. The molecule has 0 saturated carbocycles. The molecule has 0 fully saturated rings. The minimum absolute atomic E-state index is 0.0319. The molecule has 0 radical (unpaired) electrons. The third-order valence-electron chi connectivity index (χ3n) is 2.98. The van der Waals surface area contributed by atoms with Crippen LogP contribution in [0.15, 0.2) is 42.6 Å². The van der Waals surface area contributed by atoms with Crippen molar-refractivity contribution >= 4 is 11.6 Å². The fourth-order valence-electron chi connectivity index (χ4n) is 1.91. The Hall–Kier alpha value is -2.82. The van der Waals surface area contributed by atoms with Gasteiger partial charge in [0.1, 0.15) is 6.07 Å². The van der Waals surface area contributed by atoms with Gasteiger partial charge in [-0.25, -0.2) is 0 Å². The SMILES string of the molecule is N#CC(=Cc1cc(C(F)(F)F)cc(C(F)(F)F)c1)c1ccccn1. The first kappa shape index (κ1) is 17.5. The maximum Gasteiger partial charge on any atom is 0.416 e. The van der Waals surface area contributed by atoms with Gasteiger partial charge in [0.25, 0.3) is 0 Å². The molecule has 0 N–H and O–H groups in total. The van der Waals surface area contributed by atoms with Gasteiger partial charge in [-0.1, -0.05) is 6.07 Å². The van der Waals surface area contributed by atoms with E-state index < -0.39 is 23.5 Å². The van der Waals surface area contributed by atoms with E-state index in [9.17, 15) is 26.3 Å². The van der Waals surface area contributed by atoms with Crippen LogP contribution in [0.3, 0.4) is 0 Å². The van der Waals surface area contributed by atoms with Crippen LogP contribution in [-0.2, 0) is 12.4 Å². The van der Waals surface area contributed by atoms with Gasteiger partial charge >= 0.3 is 12.4 Å². The molecule has 0 aliphatic carbocycles. The van der Waals surface area contributed by atoms with E-state index in [1.54, 1.807) is 18.2 Å². The smallest absolute Gasteiger partial charge is 0.256 e. The summed E-state index contributed by atoms with van der Waals surface area (Å²) in [5.41, 5.74) is -3.28. The molecule has 2 nitrogen and oxygen atoms in total. The van der Waals surface area contributed by atoms with Crippen molar-refractivity contribution < 1.29 is 26.3 Å². The Labute approximate surface area is 132 Å². The van der Waals surface area contributed by atoms with E-state index >= 15 is 0 Å². The zero-order valence-electron chi connectivity index (χ0n) is 11.8. The maximum absolute atomic E-state index is 12.8. The molecule has 0 aliphatic rings. The molecule has 1 aromatic carbocycles. The number of allylic oxidation sites excluding steroid dienone is 1. The average Bonchev–Trinajstić information content (AvgIpc) is 2.51.